The fourth-order valence-electron chi connectivity index (χ4n) is 3.82. The van der Waals surface area contributed by atoms with E-state index in [-0.39, 0.29) is 0 Å². The third kappa shape index (κ3) is 2.40. The monoisotopic (exact) mass is 347 g/mol. The van der Waals surface area contributed by atoms with E-state index in [1.165, 1.54) is 10.8 Å². The Balaban J connectivity index is 1.74. The average Bonchev–Trinajstić information content (AvgIpc) is 2.68. The molecule has 5 rings (SSSR count). The summed E-state index contributed by atoms with van der Waals surface area (Å²) in [6, 6.07) is 20.5. The first-order valence-electron chi connectivity index (χ1n) is 8.90. The largest absolute Gasteiger partial charge is 0.300 e. The molecule has 0 aliphatic heterocycles. The lowest BCUT2D eigenvalue weighted by molar-refractivity contribution is 1.22. The summed E-state index contributed by atoms with van der Waals surface area (Å²) in [6.07, 6.45) is 3.51. The number of rotatable bonds is 1. The van der Waals surface area contributed by atoms with Gasteiger partial charge in [-0.3, -0.25) is 10.4 Å². The van der Waals surface area contributed by atoms with Gasteiger partial charge in [0.2, 0.25) is 0 Å². The fourth-order valence-corrected chi connectivity index (χ4v) is 3.82. The van der Waals surface area contributed by atoms with E-state index >= 15 is 0 Å². The standard InChI is InChI=1S/C24H17N3/c1-14-5-4-8-27-24(14)21-13-22(25)19-11-17-9-15-6-2-3-7-16(15)10-18(17)12-20(19)23(21)26/h2-13,25-26H,1H3. The van der Waals surface area contributed by atoms with Gasteiger partial charge in [-0.15, -0.1) is 0 Å². The molecule has 1 aliphatic carbocycles. The Hall–Kier alpha value is -3.59. The van der Waals surface area contributed by atoms with Crippen molar-refractivity contribution in [2.45, 2.75) is 6.92 Å². The molecule has 3 nitrogen and oxygen atoms in total. The Morgan fingerprint density at radius 2 is 1.41 bits per heavy atom. The van der Waals surface area contributed by atoms with Crippen LogP contribution in [0.25, 0.3) is 27.1 Å². The van der Waals surface area contributed by atoms with Crippen LogP contribution >= 0.6 is 0 Å². The molecule has 27 heavy (non-hydrogen) atoms. The maximum absolute atomic E-state index is 8.79. The van der Waals surface area contributed by atoms with Crippen molar-refractivity contribution in [3.05, 3.63) is 95.3 Å². The first-order chi connectivity index (χ1) is 13.1. The molecule has 0 saturated heterocycles. The van der Waals surface area contributed by atoms with E-state index in [4.69, 9.17) is 10.8 Å². The van der Waals surface area contributed by atoms with E-state index in [0.29, 0.717) is 17.0 Å². The van der Waals surface area contributed by atoms with Crippen LogP contribution in [0.3, 0.4) is 0 Å². The Bertz CT molecular complexity index is 1310. The summed E-state index contributed by atoms with van der Waals surface area (Å²) in [7, 11) is 0. The van der Waals surface area contributed by atoms with Gasteiger partial charge in [-0.25, -0.2) is 0 Å². The molecule has 4 aromatic rings. The zero-order valence-electron chi connectivity index (χ0n) is 14.9. The summed E-state index contributed by atoms with van der Waals surface area (Å²) in [5, 5.41) is 21.9. The topological polar surface area (TPSA) is 60.6 Å². The normalized spacial score (nSPS) is 13.7. The van der Waals surface area contributed by atoms with E-state index in [2.05, 4.69) is 29.2 Å². The summed E-state index contributed by atoms with van der Waals surface area (Å²) in [4.78, 5) is 4.46. The van der Waals surface area contributed by atoms with Crippen molar-refractivity contribution in [2.75, 3.05) is 0 Å². The molecule has 128 valence electrons. The quantitative estimate of drug-likeness (QED) is 0.437. The van der Waals surface area contributed by atoms with Crippen molar-refractivity contribution in [3.63, 3.8) is 0 Å². The highest BCUT2D eigenvalue weighted by Gasteiger charge is 2.24. The maximum Gasteiger partial charge on any atom is 0.0753 e. The number of fused-ring (bicyclic) bond motifs is 3. The number of pyridine rings is 1. The van der Waals surface area contributed by atoms with Crippen molar-refractivity contribution in [1.82, 2.24) is 4.98 Å². The second-order valence-electron chi connectivity index (χ2n) is 6.96. The number of allylic oxidation sites excluding steroid dienone is 2. The number of nitrogens with one attached hydrogen (secondary N) is 2. The average molecular weight is 347 g/mol. The molecule has 0 amide bonds. The first kappa shape index (κ1) is 15.6. The number of aryl methyl sites for hydroxylation is 1. The van der Waals surface area contributed by atoms with Gasteiger partial charge in [-0.05, 0) is 70.4 Å². The number of aromatic nitrogens is 1. The molecule has 0 spiro atoms. The van der Waals surface area contributed by atoms with Crippen LogP contribution in [0.1, 0.15) is 22.4 Å². The second kappa shape index (κ2) is 5.71. The smallest absolute Gasteiger partial charge is 0.0753 e. The molecule has 1 aromatic heterocycles. The number of benzene rings is 3. The predicted octanol–water partition coefficient (Wildman–Crippen LogP) is 5.53. The SMILES string of the molecule is Cc1cccnc1C1=CC(=N)c2cc3cc4ccccc4cc3cc2C1=N. The van der Waals surface area contributed by atoms with Crippen LogP contribution in [0.4, 0.5) is 0 Å². The van der Waals surface area contributed by atoms with E-state index < -0.39 is 0 Å². The summed E-state index contributed by atoms with van der Waals surface area (Å²) in [5.41, 5.74) is 4.96. The number of hydrogen-bond acceptors (Lipinski definition) is 3. The first-order valence-corrected chi connectivity index (χ1v) is 8.90. The zero-order chi connectivity index (χ0) is 18.5. The molecule has 3 aromatic carbocycles. The van der Waals surface area contributed by atoms with Gasteiger partial charge in [-0.2, -0.15) is 0 Å². The molecule has 0 fully saturated rings. The van der Waals surface area contributed by atoms with Crippen molar-refractivity contribution in [1.29, 1.82) is 10.8 Å². The van der Waals surface area contributed by atoms with Crippen LogP contribution < -0.4 is 0 Å². The van der Waals surface area contributed by atoms with Gasteiger partial charge in [0.1, 0.15) is 0 Å². The van der Waals surface area contributed by atoms with Crippen molar-refractivity contribution >= 4 is 38.5 Å². The van der Waals surface area contributed by atoms with Gasteiger partial charge in [0, 0.05) is 22.9 Å². The summed E-state index contributed by atoms with van der Waals surface area (Å²) < 4.78 is 0. The molecule has 0 unspecified atom stereocenters. The molecule has 0 saturated carbocycles. The number of nitrogens with zero attached hydrogens (tertiary/aromatic N) is 1. The van der Waals surface area contributed by atoms with E-state index in [0.717, 1.165) is 33.2 Å². The molecular formula is C24H17N3. The van der Waals surface area contributed by atoms with Crippen molar-refractivity contribution in [3.8, 4) is 0 Å². The van der Waals surface area contributed by atoms with Gasteiger partial charge < -0.3 is 5.41 Å². The van der Waals surface area contributed by atoms with Gasteiger partial charge >= 0.3 is 0 Å². The second-order valence-corrected chi connectivity index (χ2v) is 6.96. The predicted molar refractivity (Wildman–Crippen MR) is 112 cm³/mol. The van der Waals surface area contributed by atoms with Crippen LogP contribution in [-0.2, 0) is 0 Å². The molecule has 0 radical (unpaired) electrons. The van der Waals surface area contributed by atoms with Gasteiger partial charge in [-0.1, -0.05) is 30.3 Å². The third-order valence-electron chi connectivity index (χ3n) is 5.22. The summed E-state index contributed by atoms with van der Waals surface area (Å²) >= 11 is 0. The minimum absolute atomic E-state index is 0.427. The Morgan fingerprint density at radius 3 is 2.07 bits per heavy atom. The van der Waals surface area contributed by atoms with E-state index in [1.807, 2.05) is 43.3 Å². The van der Waals surface area contributed by atoms with Crippen molar-refractivity contribution in [2.24, 2.45) is 0 Å². The molecule has 1 aliphatic rings. The molecular weight excluding hydrogens is 330 g/mol. The van der Waals surface area contributed by atoms with Gasteiger partial charge in [0.05, 0.1) is 17.1 Å². The van der Waals surface area contributed by atoms with Crippen LogP contribution in [0.2, 0.25) is 0 Å². The summed E-state index contributed by atoms with van der Waals surface area (Å²) in [6.45, 7) is 1.99. The molecule has 2 N–H and O–H groups in total. The van der Waals surface area contributed by atoms with Crippen LogP contribution in [-0.4, -0.2) is 16.4 Å². The van der Waals surface area contributed by atoms with E-state index in [1.54, 1.807) is 12.3 Å². The zero-order valence-corrected chi connectivity index (χ0v) is 14.9. The van der Waals surface area contributed by atoms with Crippen LogP contribution in [0.15, 0.2) is 72.9 Å². The Morgan fingerprint density at radius 1 is 0.741 bits per heavy atom. The minimum Gasteiger partial charge on any atom is -0.300 e. The lowest BCUT2D eigenvalue weighted by Gasteiger charge is -2.20. The number of hydrogen-bond donors (Lipinski definition) is 2. The molecule has 0 bridgehead atoms. The lowest BCUT2D eigenvalue weighted by Crippen LogP contribution is -2.17. The minimum atomic E-state index is 0.427. The van der Waals surface area contributed by atoms with Gasteiger partial charge in [0.25, 0.3) is 0 Å². The highest BCUT2D eigenvalue weighted by atomic mass is 14.7. The summed E-state index contributed by atoms with van der Waals surface area (Å²) in [5.74, 6) is 0. The Labute approximate surface area is 157 Å². The van der Waals surface area contributed by atoms with Gasteiger partial charge in [0.15, 0.2) is 0 Å². The van der Waals surface area contributed by atoms with Crippen LogP contribution in [0, 0.1) is 17.7 Å². The van der Waals surface area contributed by atoms with E-state index in [9.17, 15) is 0 Å². The third-order valence-corrected chi connectivity index (χ3v) is 5.22. The Kier molecular flexibility index (Phi) is 3.31. The molecule has 3 heteroatoms. The molecule has 1 heterocycles. The molecule has 0 atom stereocenters. The highest BCUT2D eigenvalue weighted by Crippen LogP contribution is 2.32. The van der Waals surface area contributed by atoms with Crippen LogP contribution in [0.5, 0.6) is 0 Å². The van der Waals surface area contributed by atoms with Crippen molar-refractivity contribution < 1.29 is 0 Å². The lowest BCUT2D eigenvalue weighted by atomic mass is 9.84. The fraction of sp³-hybridized carbons (Fsp3) is 0.0417. The maximum atomic E-state index is 8.79. The highest BCUT2D eigenvalue weighted by molar-refractivity contribution is 6.40.